The monoisotopic (exact) mass is 166 g/mol. The molecule has 1 aromatic heterocycles. The lowest BCUT2D eigenvalue weighted by molar-refractivity contribution is 0.0970. The van der Waals surface area contributed by atoms with Gasteiger partial charge in [0.1, 0.15) is 6.33 Å². The molecule has 4 nitrogen and oxygen atoms in total. The molecule has 4 heteroatoms. The minimum absolute atomic E-state index is 0.0235. The molecule has 12 heavy (non-hydrogen) atoms. The van der Waals surface area contributed by atoms with Crippen LogP contribution in [0.15, 0.2) is 18.7 Å². The Morgan fingerprint density at radius 1 is 1.42 bits per heavy atom. The van der Waals surface area contributed by atoms with Crippen molar-refractivity contribution in [2.45, 2.75) is 12.8 Å². The normalized spacial score (nSPS) is 9.75. The summed E-state index contributed by atoms with van der Waals surface area (Å²) in [4.78, 5) is 18.7. The van der Waals surface area contributed by atoms with E-state index < -0.39 is 0 Å². The summed E-state index contributed by atoms with van der Waals surface area (Å²) < 4.78 is 0. The van der Waals surface area contributed by atoms with E-state index in [9.17, 15) is 4.79 Å². The van der Waals surface area contributed by atoms with Gasteiger partial charge in [0.25, 0.3) is 0 Å². The van der Waals surface area contributed by atoms with Crippen LogP contribution in [0, 0.1) is 0 Å². The molecule has 0 saturated carbocycles. The zero-order valence-corrected chi connectivity index (χ0v) is 6.60. The molecule has 0 fully saturated rings. The van der Waals surface area contributed by atoms with E-state index in [0.29, 0.717) is 18.4 Å². The highest BCUT2D eigenvalue weighted by Crippen LogP contribution is 2.00. The largest absolute Gasteiger partial charge is 0.396 e. The molecule has 0 aliphatic rings. The summed E-state index contributed by atoms with van der Waals surface area (Å²) in [5, 5.41) is 8.48. The van der Waals surface area contributed by atoms with Crippen molar-refractivity contribution in [3.8, 4) is 0 Å². The van der Waals surface area contributed by atoms with Crippen molar-refractivity contribution in [3.63, 3.8) is 0 Å². The maximum Gasteiger partial charge on any atom is 0.166 e. The minimum atomic E-state index is -0.0235. The Bertz CT molecular complexity index is 248. The van der Waals surface area contributed by atoms with Crippen LogP contribution in [0.4, 0.5) is 0 Å². The Labute approximate surface area is 70.3 Å². The van der Waals surface area contributed by atoms with Crippen molar-refractivity contribution in [3.05, 3.63) is 24.3 Å². The molecular weight excluding hydrogens is 156 g/mol. The average Bonchev–Trinajstić information content (AvgIpc) is 2.15. The van der Waals surface area contributed by atoms with Gasteiger partial charge in [0.05, 0.1) is 5.56 Å². The summed E-state index contributed by atoms with van der Waals surface area (Å²) >= 11 is 0. The van der Waals surface area contributed by atoms with Gasteiger partial charge in [0.15, 0.2) is 5.78 Å². The van der Waals surface area contributed by atoms with E-state index in [-0.39, 0.29) is 12.4 Å². The molecule has 64 valence electrons. The second-order valence-electron chi connectivity index (χ2n) is 2.38. The highest BCUT2D eigenvalue weighted by Gasteiger charge is 2.04. The van der Waals surface area contributed by atoms with Crippen molar-refractivity contribution in [2.24, 2.45) is 0 Å². The molecule has 0 bridgehead atoms. The molecule has 0 saturated heterocycles. The molecular formula is C8H10N2O2. The van der Waals surface area contributed by atoms with Crippen molar-refractivity contribution >= 4 is 5.78 Å². The van der Waals surface area contributed by atoms with Crippen LogP contribution in [0.3, 0.4) is 0 Å². The van der Waals surface area contributed by atoms with Crippen LogP contribution in [0.1, 0.15) is 23.2 Å². The molecule has 0 aliphatic carbocycles. The Kier molecular flexibility index (Phi) is 3.35. The summed E-state index contributed by atoms with van der Waals surface area (Å²) in [5.41, 5.74) is 0.506. The number of Topliss-reactive ketones (excluding diaryl/α,β-unsaturated/α-hetero) is 1. The Hall–Kier alpha value is -1.29. The van der Waals surface area contributed by atoms with Crippen LogP contribution in [0.25, 0.3) is 0 Å². The fraction of sp³-hybridized carbons (Fsp3) is 0.375. The topological polar surface area (TPSA) is 63.1 Å². The van der Waals surface area contributed by atoms with Gasteiger partial charge in [0, 0.05) is 25.4 Å². The predicted octanol–water partition coefficient (Wildman–Crippen LogP) is 0.432. The van der Waals surface area contributed by atoms with Gasteiger partial charge in [-0.15, -0.1) is 0 Å². The number of carbonyl (C=O) groups is 1. The van der Waals surface area contributed by atoms with Crippen molar-refractivity contribution in [1.29, 1.82) is 0 Å². The van der Waals surface area contributed by atoms with Crippen LogP contribution >= 0.6 is 0 Å². The van der Waals surface area contributed by atoms with Gasteiger partial charge >= 0.3 is 0 Å². The Morgan fingerprint density at radius 3 is 2.67 bits per heavy atom. The molecule has 1 aromatic rings. The van der Waals surface area contributed by atoms with Gasteiger partial charge in [-0.05, 0) is 6.42 Å². The first-order valence-corrected chi connectivity index (χ1v) is 3.73. The fourth-order valence-electron chi connectivity index (χ4n) is 0.827. The zero-order chi connectivity index (χ0) is 8.81. The lowest BCUT2D eigenvalue weighted by Crippen LogP contribution is -2.01. The van der Waals surface area contributed by atoms with Gasteiger partial charge in [0.2, 0.25) is 0 Å². The highest BCUT2D eigenvalue weighted by atomic mass is 16.3. The van der Waals surface area contributed by atoms with Gasteiger partial charge in [-0.2, -0.15) is 0 Å². The number of carbonyl (C=O) groups excluding carboxylic acids is 1. The molecule has 1 heterocycles. The SMILES string of the molecule is O=C(CCCO)c1cncnc1. The summed E-state index contributed by atoms with van der Waals surface area (Å²) in [6.07, 6.45) is 5.18. The molecule has 0 atom stereocenters. The van der Waals surface area contributed by atoms with Crippen LogP contribution in [0.2, 0.25) is 0 Å². The van der Waals surface area contributed by atoms with Gasteiger partial charge in [-0.25, -0.2) is 9.97 Å². The number of aliphatic hydroxyl groups is 1. The molecule has 0 amide bonds. The zero-order valence-electron chi connectivity index (χ0n) is 6.60. The molecule has 0 unspecified atom stereocenters. The summed E-state index contributed by atoms with van der Waals surface area (Å²) in [5.74, 6) is -0.0235. The van der Waals surface area contributed by atoms with Crippen LogP contribution in [-0.2, 0) is 0 Å². The van der Waals surface area contributed by atoms with E-state index >= 15 is 0 Å². The van der Waals surface area contributed by atoms with E-state index in [1.165, 1.54) is 18.7 Å². The number of aromatic nitrogens is 2. The highest BCUT2D eigenvalue weighted by molar-refractivity contribution is 5.95. The summed E-state index contributed by atoms with van der Waals surface area (Å²) in [7, 11) is 0. The second-order valence-corrected chi connectivity index (χ2v) is 2.38. The van der Waals surface area contributed by atoms with Crippen molar-refractivity contribution < 1.29 is 9.90 Å². The van der Waals surface area contributed by atoms with E-state index in [0.717, 1.165) is 0 Å². The van der Waals surface area contributed by atoms with Gasteiger partial charge < -0.3 is 5.11 Å². The molecule has 0 radical (unpaired) electrons. The van der Waals surface area contributed by atoms with Gasteiger partial charge in [-0.3, -0.25) is 4.79 Å². The third kappa shape index (κ3) is 2.39. The Balaban J connectivity index is 2.54. The predicted molar refractivity (Wildman–Crippen MR) is 42.7 cm³/mol. The molecule has 0 aliphatic heterocycles. The average molecular weight is 166 g/mol. The van der Waals surface area contributed by atoms with Crippen LogP contribution < -0.4 is 0 Å². The number of aliphatic hydroxyl groups excluding tert-OH is 1. The number of hydrogen-bond donors (Lipinski definition) is 1. The number of rotatable bonds is 4. The van der Waals surface area contributed by atoms with E-state index in [1.54, 1.807) is 0 Å². The first-order chi connectivity index (χ1) is 5.84. The lowest BCUT2D eigenvalue weighted by Gasteiger charge is -1.96. The third-order valence-electron chi connectivity index (χ3n) is 1.44. The Morgan fingerprint density at radius 2 is 2.08 bits per heavy atom. The number of ketones is 1. The first kappa shape index (κ1) is 8.80. The van der Waals surface area contributed by atoms with Crippen molar-refractivity contribution in [1.82, 2.24) is 9.97 Å². The summed E-state index contributed by atoms with van der Waals surface area (Å²) in [6, 6.07) is 0. The number of nitrogens with zero attached hydrogens (tertiary/aromatic N) is 2. The van der Waals surface area contributed by atoms with Crippen molar-refractivity contribution in [2.75, 3.05) is 6.61 Å². The summed E-state index contributed by atoms with van der Waals surface area (Å²) in [6.45, 7) is 0.0411. The number of hydrogen-bond acceptors (Lipinski definition) is 4. The van der Waals surface area contributed by atoms with Crippen LogP contribution in [-0.4, -0.2) is 27.5 Å². The maximum absolute atomic E-state index is 11.2. The van der Waals surface area contributed by atoms with E-state index in [2.05, 4.69) is 9.97 Å². The molecule has 1 rings (SSSR count). The van der Waals surface area contributed by atoms with E-state index in [4.69, 9.17) is 5.11 Å². The fourth-order valence-corrected chi connectivity index (χ4v) is 0.827. The van der Waals surface area contributed by atoms with Crippen LogP contribution in [0.5, 0.6) is 0 Å². The second kappa shape index (κ2) is 4.56. The molecule has 0 spiro atoms. The standard InChI is InChI=1S/C8H10N2O2/c11-3-1-2-8(12)7-4-9-6-10-5-7/h4-6,11H,1-3H2. The molecule has 1 N–H and O–H groups in total. The lowest BCUT2D eigenvalue weighted by atomic mass is 10.1. The van der Waals surface area contributed by atoms with E-state index in [1.807, 2.05) is 0 Å². The first-order valence-electron chi connectivity index (χ1n) is 3.73. The molecule has 0 aromatic carbocycles. The quantitative estimate of drug-likeness (QED) is 0.659. The maximum atomic E-state index is 11.2. The van der Waals surface area contributed by atoms with Gasteiger partial charge in [-0.1, -0.05) is 0 Å². The minimum Gasteiger partial charge on any atom is -0.396 e. The smallest absolute Gasteiger partial charge is 0.166 e. The third-order valence-corrected chi connectivity index (χ3v) is 1.44.